The Labute approximate surface area is 154 Å². The molecule has 11 heteroatoms. The van der Waals surface area contributed by atoms with Crippen LogP contribution in [-0.4, -0.2) is 25.6 Å². The molecule has 2 heterocycles. The number of nitrogens with zero attached hydrogens (tertiary/aromatic N) is 2. The van der Waals surface area contributed by atoms with Crippen LogP contribution < -0.4 is 22.3 Å². The van der Waals surface area contributed by atoms with E-state index in [0.717, 1.165) is 6.26 Å². The van der Waals surface area contributed by atoms with E-state index in [4.69, 9.17) is 34.7 Å². The Morgan fingerprint density at radius 3 is 2.28 bits per heavy atom. The highest BCUT2D eigenvalue weighted by atomic mass is 35.5. The molecule has 0 spiro atoms. The molecule has 6 N–H and O–H groups in total. The molecule has 0 saturated carbocycles. The summed E-state index contributed by atoms with van der Waals surface area (Å²) in [4.78, 5) is 8.01. The Morgan fingerprint density at radius 1 is 1.20 bits per heavy atom. The van der Waals surface area contributed by atoms with Gasteiger partial charge in [-0.3, -0.25) is 11.2 Å². The van der Waals surface area contributed by atoms with E-state index < -0.39 is 15.6 Å². The first-order valence-corrected chi connectivity index (χ1v) is 9.58. The molecule has 2 aromatic rings. The average molecular weight is 401 g/mol. The molecule has 1 aliphatic heterocycles. The first-order chi connectivity index (χ1) is 11.6. The predicted octanol–water partition coefficient (Wildman–Crippen LogP) is 0.950. The van der Waals surface area contributed by atoms with E-state index in [1.54, 1.807) is 18.2 Å². The van der Waals surface area contributed by atoms with Crippen molar-refractivity contribution < 1.29 is 8.42 Å². The minimum atomic E-state index is -3.39. The lowest BCUT2D eigenvalue weighted by Gasteiger charge is -2.22. The van der Waals surface area contributed by atoms with Crippen molar-refractivity contribution in [1.29, 1.82) is 0 Å². The molecule has 0 amide bonds. The third-order valence-corrected chi connectivity index (χ3v) is 5.16. The summed E-state index contributed by atoms with van der Waals surface area (Å²) in [6.45, 7) is 0. The van der Waals surface area contributed by atoms with Crippen LogP contribution in [0.4, 0.5) is 0 Å². The topological polar surface area (TPSA) is 135 Å². The van der Waals surface area contributed by atoms with Gasteiger partial charge in [0.05, 0.1) is 10.0 Å². The van der Waals surface area contributed by atoms with Crippen molar-refractivity contribution in [2.75, 3.05) is 6.26 Å². The number of hydrogen-bond donors (Lipinski definition) is 4. The van der Waals surface area contributed by atoms with Crippen LogP contribution in [-0.2, 0) is 15.6 Å². The second kappa shape index (κ2) is 6.11. The maximum atomic E-state index is 11.5. The van der Waals surface area contributed by atoms with Crippen molar-refractivity contribution in [2.45, 2.75) is 10.8 Å². The molecular weight excluding hydrogens is 387 g/mol. The van der Waals surface area contributed by atoms with E-state index >= 15 is 0 Å². The number of hydrogen-bond acceptors (Lipinski definition) is 8. The van der Waals surface area contributed by atoms with Gasteiger partial charge >= 0.3 is 0 Å². The lowest BCUT2D eigenvalue weighted by atomic mass is 10.0. The Bertz CT molecular complexity index is 954. The summed E-state index contributed by atoms with van der Waals surface area (Å²) in [5, 5.41) is 0.583. The van der Waals surface area contributed by atoms with E-state index in [-0.39, 0.29) is 11.0 Å². The lowest BCUT2D eigenvalue weighted by molar-refractivity contribution is 0.375. The SMILES string of the molecule is CS(=O)(=O)c1ccc(-c2c(Cl)cc(C3(N)N=C(N)NN3)cc2Cl)cn1. The third kappa shape index (κ3) is 3.42. The van der Waals surface area contributed by atoms with E-state index in [2.05, 4.69) is 20.8 Å². The van der Waals surface area contributed by atoms with Gasteiger partial charge in [0.15, 0.2) is 14.9 Å². The highest BCUT2D eigenvalue weighted by Crippen LogP contribution is 2.37. The molecule has 8 nitrogen and oxygen atoms in total. The zero-order valence-electron chi connectivity index (χ0n) is 12.9. The standard InChI is InChI=1S/C14H14Cl2N6O2S/c1-25(23,24)11-3-2-7(6-19-11)12-9(15)4-8(5-10(12)16)14(18)20-13(17)21-22-14/h2-6,22H,18H2,1H3,(H3,17,20,21). The van der Waals surface area contributed by atoms with Gasteiger partial charge in [0, 0.05) is 29.1 Å². The molecule has 0 radical (unpaired) electrons. The summed E-state index contributed by atoms with van der Waals surface area (Å²) in [6, 6.07) is 6.18. The second-order valence-corrected chi connectivity index (χ2v) is 8.26. The molecule has 1 aliphatic rings. The third-order valence-electron chi connectivity index (χ3n) is 3.57. The van der Waals surface area contributed by atoms with Crippen molar-refractivity contribution >= 4 is 39.0 Å². The van der Waals surface area contributed by atoms with Crippen LogP contribution in [0.15, 0.2) is 40.5 Å². The van der Waals surface area contributed by atoms with Crippen molar-refractivity contribution in [3.8, 4) is 11.1 Å². The molecular formula is C14H14Cl2N6O2S. The maximum Gasteiger partial charge on any atom is 0.209 e. The van der Waals surface area contributed by atoms with Crippen LogP contribution in [0, 0.1) is 0 Å². The maximum absolute atomic E-state index is 11.5. The number of pyridine rings is 1. The molecule has 132 valence electrons. The van der Waals surface area contributed by atoms with Crippen molar-refractivity contribution in [1.82, 2.24) is 15.8 Å². The molecule has 3 rings (SSSR count). The number of hydrazine groups is 1. The first-order valence-electron chi connectivity index (χ1n) is 6.93. The number of aliphatic imine (C=N–C) groups is 1. The normalized spacial score (nSPS) is 20.2. The Balaban J connectivity index is 2.04. The lowest BCUT2D eigenvalue weighted by Crippen LogP contribution is -2.50. The summed E-state index contributed by atoms with van der Waals surface area (Å²) in [5.41, 5.74) is 18.6. The largest absolute Gasteiger partial charge is 0.369 e. The summed E-state index contributed by atoms with van der Waals surface area (Å²) in [5.74, 6) is -1.16. The van der Waals surface area contributed by atoms with Gasteiger partial charge in [0.1, 0.15) is 0 Å². The Hall–Kier alpha value is -1.91. The summed E-state index contributed by atoms with van der Waals surface area (Å²) >= 11 is 12.7. The fraction of sp³-hybridized carbons (Fsp3) is 0.143. The molecule has 0 saturated heterocycles. The zero-order valence-corrected chi connectivity index (χ0v) is 15.2. The van der Waals surface area contributed by atoms with Gasteiger partial charge in [-0.05, 0) is 24.3 Å². The molecule has 1 unspecified atom stereocenters. The number of nitrogens with two attached hydrogens (primary N) is 2. The van der Waals surface area contributed by atoms with Crippen molar-refractivity contribution in [3.05, 3.63) is 46.1 Å². The van der Waals surface area contributed by atoms with Gasteiger partial charge in [0.25, 0.3) is 0 Å². The van der Waals surface area contributed by atoms with Gasteiger partial charge in [-0.15, -0.1) is 0 Å². The van der Waals surface area contributed by atoms with E-state index in [1.807, 2.05) is 0 Å². The monoisotopic (exact) mass is 400 g/mol. The van der Waals surface area contributed by atoms with Gasteiger partial charge < -0.3 is 5.73 Å². The molecule has 0 bridgehead atoms. The zero-order chi connectivity index (χ0) is 18.4. The van der Waals surface area contributed by atoms with Gasteiger partial charge in [-0.1, -0.05) is 23.2 Å². The van der Waals surface area contributed by atoms with Gasteiger partial charge in [0.2, 0.25) is 11.7 Å². The molecule has 0 aliphatic carbocycles. The number of aromatic nitrogens is 1. The van der Waals surface area contributed by atoms with Crippen LogP contribution in [0.3, 0.4) is 0 Å². The minimum Gasteiger partial charge on any atom is -0.369 e. The summed E-state index contributed by atoms with van der Waals surface area (Å²) in [6.07, 6.45) is 2.48. The van der Waals surface area contributed by atoms with Crippen LogP contribution in [0.1, 0.15) is 5.56 Å². The second-order valence-electron chi connectivity index (χ2n) is 5.49. The highest BCUT2D eigenvalue weighted by molar-refractivity contribution is 7.90. The Kier molecular flexibility index (Phi) is 4.38. The molecule has 1 atom stereocenters. The van der Waals surface area contributed by atoms with Gasteiger partial charge in [-0.2, -0.15) is 5.43 Å². The number of halogens is 2. The smallest absolute Gasteiger partial charge is 0.209 e. The highest BCUT2D eigenvalue weighted by Gasteiger charge is 2.32. The van der Waals surface area contributed by atoms with Crippen LogP contribution >= 0.6 is 23.2 Å². The fourth-order valence-corrected chi connectivity index (χ4v) is 3.62. The van der Waals surface area contributed by atoms with E-state index in [9.17, 15) is 8.42 Å². The molecule has 1 aromatic heterocycles. The number of rotatable bonds is 3. The number of nitrogens with one attached hydrogen (secondary N) is 2. The molecule has 0 fully saturated rings. The summed E-state index contributed by atoms with van der Waals surface area (Å²) < 4.78 is 23.0. The Morgan fingerprint density at radius 2 is 1.84 bits per heavy atom. The minimum absolute atomic E-state index is 0.0351. The molecule has 1 aromatic carbocycles. The number of benzene rings is 1. The van der Waals surface area contributed by atoms with Crippen LogP contribution in [0.5, 0.6) is 0 Å². The summed E-state index contributed by atoms with van der Waals surface area (Å²) in [7, 11) is -3.39. The van der Waals surface area contributed by atoms with Crippen molar-refractivity contribution in [2.24, 2.45) is 16.5 Å². The number of sulfone groups is 1. The predicted molar refractivity (Wildman–Crippen MR) is 96.6 cm³/mol. The van der Waals surface area contributed by atoms with E-state index in [0.29, 0.717) is 26.7 Å². The van der Waals surface area contributed by atoms with Crippen molar-refractivity contribution in [3.63, 3.8) is 0 Å². The quantitative estimate of drug-likeness (QED) is 0.601. The first kappa shape index (κ1) is 17.9. The average Bonchev–Trinajstić information content (AvgIpc) is 2.87. The number of guanidine groups is 1. The van der Waals surface area contributed by atoms with Crippen LogP contribution in [0.25, 0.3) is 11.1 Å². The van der Waals surface area contributed by atoms with Crippen LogP contribution in [0.2, 0.25) is 10.0 Å². The van der Waals surface area contributed by atoms with Gasteiger partial charge in [-0.25, -0.2) is 18.4 Å². The van der Waals surface area contributed by atoms with E-state index in [1.165, 1.54) is 12.3 Å². The fourth-order valence-electron chi connectivity index (χ4n) is 2.36. The molecule has 25 heavy (non-hydrogen) atoms.